The Morgan fingerprint density at radius 1 is 1.39 bits per heavy atom. The van der Waals surface area contributed by atoms with Gasteiger partial charge in [-0.1, -0.05) is 0 Å². The van der Waals surface area contributed by atoms with Gasteiger partial charge in [-0.15, -0.1) is 0 Å². The van der Waals surface area contributed by atoms with Crippen molar-refractivity contribution in [2.24, 2.45) is 0 Å². The minimum absolute atomic E-state index is 0.0947. The Hall–Kier alpha value is -1.95. The zero-order chi connectivity index (χ0) is 13.3. The van der Waals surface area contributed by atoms with Crippen LogP contribution in [0.2, 0.25) is 0 Å². The fraction of sp³-hybridized carbons (Fsp3) is 0.333. The van der Waals surface area contributed by atoms with Gasteiger partial charge >= 0.3 is 0 Å². The van der Waals surface area contributed by atoms with E-state index in [0.29, 0.717) is 17.3 Å². The predicted octanol–water partition coefficient (Wildman–Crippen LogP) is 1.52. The van der Waals surface area contributed by atoms with Crippen LogP contribution >= 0.6 is 0 Å². The van der Waals surface area contributed by atoms with E-state index in [-0.39, 0.29) is 11.3 Å². The minimum atomic E-state index is -0.579. The van der Waals surface area contributed by atoms with E-state index < -0.39 is 12.4 Å². The molecule has 18 heavy (non-hydrogen) atoms. The van der Waals surface area contributed by atoms with Crippen molar-refractivity contribution in [3.8, 4) is 11.4 Å². The van der Waals surface area contributed by atoms with Crippen LogP contribution in [-0.2, 0) is 6.61 Å². The van der Waals surface area contributed by atoms with E-state index in [1.165, 1.54) is 17.9 Å². The first-order chi connectivity index (χ1) is 8.58. The van der Waals surface area contributed by atoms with Crippen molar-refractivity contribution in [1.29, 1.82) is 0 Å². The molecule has 0 unspecified atom stereocenters. The highest BCUT2D eigenvalue weighted by Gasteiger charge is 2.16. The molecule has 0 amide bonds. The highest BCUT2D eigenvalue weighted by atomic mass is 19.1. The van der Waals surface area contributed by atoms with E-state index in [9.17, 15) is 9.50 Å². The van der Waals surface area contributed by atoms with Crippen LogP contribution in [0.5, 0.6) is 5.75 Å². The Balaban J connectivity index is 2.65. The molecule has 0 aliphatic carbocycles. The standard InChI is InChI=1S/C12H14FN3O2/c1-7-14-8(2)16(15-7)10-4-5-11(18-3)12(13)9(10)6-17/h4-5,17H,6H2,1-3H3. The normalized spacial score (nSPS) is 10.7. The number of ether oxygens (including phenoxy) is 1. The average Bonchev–Trinajstić information content (AvgIpc) is 2.68. The molecular weight excluding hydrogens is 237 g/mol. The number of aromatic nitrogens is 3. The number of benzene rings is 1. The summed E-state index contributed by atoms with van der Waals surface area (Å²) in [6.07, 6.45) is 0. The van der Waals surface area contributed by atoms with E-state index in [4.69, 9.17) is 4.74 Å². The van der Waals surface area contributed by atoms with Crippen LogP contribution in [0.4, 0.5) is 4.39 Å². The van der Waals surface area contributed by atoms with Gasteiger partial charge in [0.05, 0.1) is 19.4 Å². The van der Waals surface area contributed by atoms with Gasteiger partial charge in [-0.2, -0.15) is 5.10 Å². The summed E-state index contributed by atoms with van der Waals surface area (Å²) in [6.45, 7) is 3.09. The summed E-state index contributed by atoms with van der Waals surface area (Å²) in [5.41, 5.74) is 0.608. The van der Waals surface area contributed by atoms with Crippen molar-refractivity contribution in [3.63, 3.8) is 0 Å². The van der Waals surface area contributed by atoms with E-state index in [2.05, 4.69) is 10.1 Å². The number of halogens is 1. The Morgan fingerprint density at radius 3 is 2.61 bits per heavy atom. The molecule has 1 aromatic carbocycles. The summed E-state index contributed by atoms with van der Waals surface area (Å²) in [6, 6.07) is 3.15. The number of nitrogens with zero attached hydrogens (tertiary/aromatic N) is 3. The third-order valence-corrected chi connectivity index (χ3v) is 2.66. The number of hydrogen-bond donors (Lipinski definition) is 1. The second-order valence-electron chi connectivity index (χ2n) is 3.86. The molecule has 0 fully saturated rings. The zero-order valence-electron chi connectivity index (χ0n) is 10.4. The molecule has 5 nitrogen and oxygen atoms in total. The first kappa shape index (κ1) is 12.5. The van der Waals surface area contributed by atoms with Gasteiger partial charge in [0.15, 0.2) is 11.6 Å². The largest absolute Gasteiger partial charge is 0.494 e. The number of rotatable bonds is 3. The van der Waals surface area contributed by atoms with Crippen molar-refractivity contribution in [2.75, 3.05) is 7.11 Å². The fourth-order valence-electron chi connectivity index (χ4n) is 1.85. The van der Waals surface area contributed by atoms with Gasteiger partial charge in [0.25, 0.3) is 0 Å². The van der Waals surface area contributed by atoms with Crippen LogP contribution < -0.4 is 4.74 Å². The zero-order valence-corrected chi connectivity index (χ0v) is 10.4. The van der Waals surface area contributed by atoms with Crippen LogP contribution in [0.15, 0.2) is 12.1 Å². The van der Waals surface area contributed by atoms with Crippen molar-refractivity contribution >= 4 is 0 Å². The molecule has 0 spiro atoms. The van der Waals surface area contributed by atoms with Gasteiger partial charge < -0.3 is 9.84 Å². The highest BCUT2D eigenvalue weighted by Crippen LogP contribution is 2.26. The maximum atomic E-state index is 14.0. The van der Waals surface area contributed by atoms with Gasteiger partial charge in [0, 0.05) is 5.56 Å². The van der Waals surface area contributed by atoms with E-state index >= 15 is 0 Å². The summed E-state index contributed by atoms with van der Waals surface area (Å²) in [7, 11) is 1.38. The van der Waals surface area contributed by atoms with Crippen LogP contribution in [0, 0.1) is 19.7 Å². The van der Waals surface area contributed by atoms with Crippen molar-refractivity contribution in [1.82, 2.24) is 14.8 Å². The third-order valence-electron chi connectivity index (χ3n) is 2.66. The topological polar surface area (TPSA) is 60.2 Å². The summed E-state index contributed by atoms with van der Waals surface area (Å²) >= 11 is 0. The molecule has 0 bridgehead atoms. The smallest absolute Gasteiger partial charge is 0.172 e. The fourth-order valence-corrected chi connectivity index (χ4v) is 1.85. The summed E-state index contributed by atoms with van der Waals surface area (Å²) < 4.78 is 20.4. The maximum absolute atomic E-state index is 14.0. The first-order valence-electron chi connectivity index (χ1n) is 5.45. The molecule has 1 N–H and O–H groups in total. The van der Waals surface area contributed by atoms with Gasteiger partial charge in [-0.25, -0.2) is 14.1 Å². The van der Waals surface area contributed by atoms with Crippen LogP contribution in [0.3, 0.4) is 0 Å². The number of methoxy groups -OCH3 is 1. The molecule has 6 heteroatoms. The Kier molecular flexibility index (Phi) is 3.29. The highest BCUT2D eigenvalue weighted by molar-refractivity contribution is 5.46. The van der Waals surface area contributed by atoms with E-state index in [0.717, 1.165) is 0 Å². The molecule has 0 aliphatic rings. The molecule has 0 atom stereocenters. The SMILES string of the molecule is COc1ccc(-n2nc(C)nc2C)c(CO)c1F. The summed E-state index contributed by atoms with van der Waals surface area (Å²) in [4.78, 5) is 4.15. The number of aliphatic hydroxyl groups is 1. The monoisotopic (exact) mass is 251 g/mol. The molecule has 0 aliphatic heterocycles. The van der Waals surface area contributed by atoms with Crippen LogP contribution in [0.25, 0.3) is 5.69 Å². The number of aryl methyl sites for hydroxylation is 2. The molecule has 0 saturated carbocycles. The number of aliphatic hydroxyl groups excluding tert-OH is 1. The van der Waals surface area contributed by atoms with Crippen molar-refractivity contribution < 1.29 is 14.2 Å². The first-order valence-corrected chi connectivity index (χ1v) is 5.45. The van der Waals surface area contributed by atoms with Gasteiger partial charge in [0.1, 0.15) is 11.6 Å². The maximum Gasteiger partial charge on any atom is 0.172 e. The molecule has 2 rings (SSSR count). The Labute approximate surface area is 104 Å². The second kappa shape index (κ2) is 4.73. The lowest BCUT2D eigenvalue weighted by Gasteiger charge is -2.12. The van der Waals surface area contributed by atoms with Gasteiger partial charge in [-0.3, -0.25) is 0 Å². The molecule has 96 valence electrons. The third kappa shape index (κ3) is 1.95. The van der Waals surface area contributed by atoms with Crippen LogP contribution in [0.1, 0.15) is 17.2 Å². The van der Waals surface area contributed by atoms with Gasteiger partial charge in [0.2, 0.25) is 0 Å². The van der Waals surface area contributed by atoms with Crippen LogP contribution in [-0.4, -0.2) is 27.0 Å². The average molecular weight is 251 g/mol. The molecule has 1 heterocycles. The number of hydrogen-bond acceptors (Lipinski definition) is 4. The minimum Gasteiger partial charge on any atom is -0.494 e. The Bertz CT molecular complexity index is 581. The van der Waals surface area contributed by atoms with E-state index in [1.54, 1.807) is 19.9 Å². The predicted molar refractivity (Wildman–Crippen MR) is 63.3 cm³/mol. The second-order valence-corrected chi connectivity index (χ2v) is 3.86. The van der Waals surface area contributed by atoms with E-state index in [1.807, 2.05) is 0 Å². The summed E-state index contributed by atoms with van der Waals surface area (Å²) in [5, 5.41) is 13.5. The van der Waals surface area contributed by atoms with Crippen molar-refractivity contribution in [3.05, 3.63) is 35.2 Å². The lowest BCUT2D eigenvalue weighted by Crippen LogP contribution is -2.07. The Morgan fingerprint density at radius 2 is 2.11 bits per heavy atom. The van der Waals surface area contributed by atoms with Crippen molar-refractivity contribution in [2.45, 2.75) is 20.5 Å². The molecule has 0 saturated heterocycles. The lowest BCUT2D eigenvalue weighted by molar-refractivity contribution is 0.272. The quantitative estimate of drug-likeness (QED) is 0.898. The molecular formula is C12H14FN3O2. The van der Waals surface area contributed by atoms with Gasteiger partial charge in [-0.05, 0) is 26.0 Å². The summed E-state index contributed by atoms with van der Waals surface area (Å²) in [5.74, 6) is 0.738. The molecule has 2 aromatic rings. The molecule has 1 aromatic heterocycles. The lowest BCUT2D eigenvalue weighted by atomic mass is 10.1. The molecule has 0 radical (unpaired) electrons.